The maximum absolute atomic E-state index is 11.6. The first-order valence-corrected chi connectivity index (χ1v) is 6.33. The summed E-state index contributed by atoms with van der Waals surface area (Å²) in [6, 6.07) is 7.44. The molecule has 3 nitrogen and oxygen atoms in total. The molecule has 0 aliphatic heterocycles. The molecule has 3 N–H and O–H groups in total. The van der Waals surface area contributed by atoms with Crippen LogP contribution in [-0.2, 0) is 11.2 Å². The zero-order chi connectivity index (χ0) is 12.5. The van der Waals surface area contributed by atoms with Gasteiger partial charge in [-0.3, -0.25) is 4.79 Å². The Kier molecular flexibility index (Phi) is 6.15. The van der Waals surface area contributed by atoms with Gasteiger partial charge in [0, 0.05) is 12.2 Å². The predicted molar refractivity (Wildman–Crippen MR) is 71.7 cm³/mol. The lowest BCUT2D eigenvalue weighted by molar-refractivity contribution is -0.120. The number of unbranched alkanes of at least 4 members (excludes halogenated alkanes) is 3. The highest BCUT2D eigenvalue weighted by Crippen LogP contribution is 2.06. The lowest BCUT2D eigenvalue weighted by Crippen LogP contribution is -2.26. The number of nitrogens with one attached hydrogen (secondary N) is 1. The highest BCUT2D eigenvalue weighted by Gasteiger charge is 2.02. The van der Waals surface area contributed by atoms with Crippen molar-refractivity contribution in [2.24, 2.45) is 0 Å². The van der Waals surface area contributed by atoms with Gasteiger partial charge in [-0.15, -0.1) is 0 Å². The fourth-order valence-corrected chi connectivity index (χ4v) is 1.66. The zero-order valence-electron chi connectivity index (χ0n) is 10.5. The average Bonchev–Trinajstić information content (AvgIpc) is 2.32. The summed E-state index contributed by atoms with van der Waals surface area (Å²) in [7, 11) is 0. The highest BCUT2D eigenvalue weighted by molar-refractivity contribution is 5.78. The molecule has 0 saturated heterocycles. The van der Waals surface area contributed by atoms with Crippen LogP contribution in [0.25, 0.3) is 0 Å². The van der Waals surface area contributed by atoms with E-state index in [1.54, 1.807) is 0 Å². The van der Waals surface area contributed by atoms with Crippen molar-refractivity contribution < 1.29 is 4.79 Å². The second-order valence-corrected chi connectivity index (χ2v) is 4.33. The van der Waals surface area contributed by atoms with Crippen LogP contribution < -0.4 is 11.1 Å². The molecule has 0 atom stereocenters. The Hall–Kier alpha value is -1.51. The Morgan fingerprint density at radius 3 is 2.53 bits per heavy atom. The molecule has 0 radical (unpaired) electrons. The summed E-state index contributed by atoms with van der Waals surface area (Å²) in [5, 5.41) is 2.93. The van der Waals surface area contributed by atoms with Gasteiger partial charge in [-0.2, -0.15) is 0 Å². The molecule has 0 aliphatic rings. The molecule has 1 aromatic rings. The Balaban J connectivity index is 2.18. The van der Waals surface area contributed by atoms with Crippen LogP contribution in [0.2, 0.25) is 0 Å². The minimum Gasteiger partial charge on any atom is -0.399 e. The minimum absolute atomic E-state index is 0.0891. The van der Waals surface area contributed by atoms with Gasteiger partial charge in [-0.1, -0.05) is 38.3 Å². The molecule has 1 rings (SSSR count). The molecule has 0 fully saturated rings. The van der Waals surface area contributed by atoms with E-state index in [9.17, 15) is 4.79 Å². The van der Waals surface area contributed by atoms with E-state index in [-0.39, 0.29) is 5.91 Å². The first-order chi connectivity index (χ1) is 8.22. The topological polar surface area (TPSA) is 55.1 Å². The molecule has 0 spiro atoms. The number of hydrogen-bond acceptors (Lipinski definition) is 2. The van der Waals surface area contributed by atoms with Crippen molar-refractivity contribution in [2.45, 2.75) is 39.0 Å². The van der Waals surface area contributed by atoms with Gasteiger partial charge in [-0.25, -0.2) is 0 Å². The minimum atomic E-state index is 0.0891. The molecule has 1 aromatic carbocycles. The molecule has 94 valence electrons. The molecule has 0 aliphatic carbocycles. The Bertz CT molecular complexity index is 333. The number of nitrogen functional groups attached to an aromatic ring is 1. The third-order valence-electron chi connectivity index (χ3n) is 2.70. The third-order valence-corrected chi connectivity index (χ3v) is 2.70. The molecular weight excluding hydrogens is 212 g/mol. The largest absolute Gasteiger partial charge is 0.399 e. The first-order valence-electron chi connectivity index (χ1n) is 6.33. The molecule has 17 heavy (non-hydrogen) atoms. The normalized spacial score (nSPS) is 10.2. The van der Waals surface area contributed by atoms with Crippen LogP contribution in [0.3, 0.4) is 0 Å². The maximum Gasteiger partial charge on any atom is 0.224 e. The van der Waals surface area contributed by atoms with E-state index in [4.69, 9.17) is 5.73 Å². The van der Waals surface area contributed by atoms with Crippen molar-refractivity contribution in [3.8, 4) is 0 Å². The summed E-state index contributed by atoms with van der Waals surface area (Å²) in [5.74, 6) is 0.0891. The molecule has 0 heterocycles. The standard InChI is InChI=1S/C14H22N2O/c1-2-3-4-5-10-16-14(17)11-12-6-8-13(15)9-7-12/h6-9H,2-5,10-11,15H2,1H3,(H,16,17). The zero-order valence-corrected chi connectivity index (χ0v) is 10.5. The number of anilines is 1. The van der Waals surface area contributed by atoms with Crippen LogP contribution in [-0.4, -0.2) is 12.5 Å². The lowest BCUT2D eigenvalue weighted by Gasteiger charge is -2.05. The number of carbonyl (C=O) groups is 1. The molecule has 0 aromatic heterocycles. The summed E-state index contributed by atoms with van der Waals surface area (Å²) in [6.45, 7) is 2.97. The van der Waals surface area contributed by atoms with Gasteiger partial charge in [0.15, 0.2) is 0 Å². The van der Waals surface area contributed by atoms with Gasteiger partial charge in [0.1, 0.15) is 0 Å². The number of benzene rings is 1. The van der Waals surface area contributed by atoms with Crippen LogP contribution in [0.15, 0.2) is 24.3 Å². The van der Waals surface area contributed by atoms with Gasteiger partial charge in [0.05, 0.1) is 6.42 Å². The van der Waals surface area contributed by atoms with Crippen LogP contribution in [0.5, 0.6) is 0 Å². The second-order valence-electron chi connectivity index (χ2n) is 4.33. The van der Waals surface area contributed by atoms with E-state index in [0.29, 0.717) is 6.42 Å². The van der Waals surface area contributed by atoms with Crippen molar-refractivity contribution >= 4 is 11.6 Å². The summed E-state index contributed by atoms with van der Waals surface area (Å²) in [4.78, 5) is 11.6. The molecule has 0 unspecified atom stereocenters. The van der Waals surface area contributed by atoms with Crippen molar-refractivity contribution in [2.75, 3.05) is 12.3 Å². The number of carbonyl (C=O) groups excluding carboxylic acids is 1. The molecule has 0 bridgehead atoms. The summed E-state index contributed by atoms with van der Waals surface area (Å²) < 4.78 is 0. The smallest absolute Gasteiger partial charge is 0.224 e. The molecule has 0 saturated carbocycles. The highest BCUT2D eigenvalue weighted by atomic mass is 16.1. The van der Waals surface area contributed by atoms with Crippen molar-refractivity contribution in [1.82, 2.24) is 5.32 Å². The number of nitrogens with two attached hydrogens (primary N) is 1. The Labute approximate surface area is 103 Å². The van der Waals surface area contributed by atoms with Gasteiger partial charge >= 0.3 is 0 Å². The van der Waals surface area contributed by atoms with Crippen LogP contribution >= 0.6 is 0 Å². The first kappa shape index (κ1) is 13.6. The molecule has 1 amide bonds. The SMILES string of the molecule is CCCCCCNC(=O)Cc1ccc(N)cc1. The number of hydrogen-bond donors (Lipinski definition) is 2. The quantitative estimate of drug-likeness (QED) is 0.562. The van der Waals surface area contributed by atoms with E-state index in [2.05, 4.69) is 12.2 Å². The maximum atomic E-state index is 11.6. The second kappa shape index (κ2) is 7.71. The Morgan fingerprint density at radius 2 is 1.88 bits per heavy atom. The summed E-state index contributed by atoms with van der Waals surface area (Å²) >= 11 is 0. The van der Waals surface area contributed by atoms with Crippen molar-refractivity contribution in [1.29, 1.82) is 0 Å². The van der Waals surface area contributed by atoms with E-state index < -0.39 is 0 Å². The monoisotopic (exact) mass is 234 g/mol. The molecule has 3 heteroatoms. The van der Waals surface area contributed by atoms with Gasteiger partial charge in [-0.05, 0) is 24.1 Å². The van der Waals surface area contributed by atoms with Gasteiger partial charge in [0.25, 0.3) is 0 Å². The van der Waals surface area contributed by atoms with Gasteiger partial charge in [0.2, 0.25) is 5.91 Å². The fraction of sp³-hybridized carbons (Fsp3) is 0.500. The Morgan fingerprint density at radius 1 is 1.18 bits per heavy atom. The molecular formula is C14H22N2O. The van der Waals surface area contributed by atoms with Gasteiger partial charge < -0.3 is 11.1 Å². The van der Waals surface area contributed by atoms with Crippen LogP contribution in [0.4, 0.5) is 5.69 Å². The lowest BCUT2D eigenvalue weighted by atomic mass is 10.1. The number of rotatable bonds is 7. The number of amides is 1. The fourth-order valence-electron chi connectivity index (χ4n) is 1.66. The summed E-state index contributed by atoms with van der Waals surface area (Å²) in [6.07, 6.45) is 5.17. The van der Waals surface area contributed by atoms with Crippen molar-refractivity contribution in [3.05, 3.63) is 29.8 Å². The average molecular weight is 234 g/mol. The summed E-state index contributed by atoms with van der Waals surface area (Å²) in [5.41, 5.74) is 7.32. The van der Waals surface area contributed by atoms with Crippen LogP contribution in [0.1, 0.15) is 38.2 Å². The van der Waals surface area contributed by atoms with E-state index in [1.165, 1.54) is 19.3 Å². The predicted octanol–water partition coefficient (Wildman–Crippen LogP) is 2.51. The van der Waals surface area contributed by atoms with E-state index >= 15 is 0 Å². The van der Waals surface area contributed by atoms with Crippen molar-refractivity contribution in [3.63, 3.8) is 0 Å². The van der Waals surface area contributed by atoms with Crippen LogP contribution in [0, 0.1) is 0 Å². The van der Waals surface area contributed by atoms with E-state index in [0.717, 1.165) is 24.2 Å². The van der Waals surface area contributed by atoms with E-state index in [1.807, 2.05) is 24.3 Å². The third kappa shape index (κ3) is 5.95.